The molecule has 0 fully saturated rings. The van der Waals surface area contributed by atoms with Crippen LogP contribution in [0, 0.1) is 17.1 Å². The summed E-state index contributed by atoms with van der Waals surface area (Å²) in [5.74, 6) is -0.321. The monoisotopic (exact) mass is 319 g/mol. The predicted octanol–water partition coefficient (Wildman–Crippen LogP) is 3.98. The lowest BCUT2D eigenvalue weighted by Gasteiger charge is -2.11. The van der Waals surface area contributed by atoms with Crippen molar-refractivity contribution in [1.82, 2.24) is 0 Å². The molecule has 0 aliphatic carbocycles. The maximum Gasteiger partial charge on any atom is 0.125 e. The molecule has 0 atom stereocenters. The number of hydrogen-bond donors (Lipinski definition) is 2. The first-order valence-electron chi connectivity index (χ1n) is 5.57. The van der Waals surface area contributed by atoms with Crippen molar-refractivity contribution >= 4 is 33.0 Å². The molecule has 0 aliphatic rings. The second kappa shape index (κ2) is 5.72. The highest BCUT2D eigenvalue weighted by molar-refractivity contribution is 9.10. The molecule has 0 spiro atoms. The zero-order valence-corrected chi connectivity index (χ0v) is 11.5. The van der Waals surface area contributed by atoms with E-state index >= 15 is 0 Å². The SMILES string of the molecule is N#CCc1cc(Nc2cc(F)ccc2Br)ccc1N. The predicted molar refractivity (Wildman–Crippen MR) is 77.6 cm³/mol. The average Bonchev–Trinajstić information content (AvgIpc) is 2.38. The van der Waals surface area contributed by atoms with Gasteiger partial charge >= 0.3 is 0 Å². The van der Waals surface area contributed by atoms with E-state index in [0.29, 0.717) is 11.4 Å². The van der Waals surface area contributed by atoms with Crippen LogP contribution in [-0.2, 0) is 6.42 Å². The third-order valence-electron chi connectivity index (χ3n) is 2.62. The number of nitrogens with one attached hydrogen (secondary N) is 1. The fraction of sp³-hybridized carbons (Fsp3) is 0.0714. The molecule has 0 heterocycles. The third-order valence-corrected chi connectivity index (χ3v) is 3.31. The van der Waals surface area contributed by atoms with Crippen LogP contribution in [0.5, 0.6) is 0 Å². The molecule has 3 nitrogen and oxygen atoms in total. The Morgan fingerprint density at radius 1 is 1.26 bits per heavy atom. The fourth-order valence-electron chi connectivity index (χ4n) is 1.67. The van der Waals surface area contributed by atoms with E-state index in [1.807, 2.05) is 0 Å². The highest BCUT2D eigenvalue weighted by atomic mass is 79.9. The highest BCUT2D eigenvalue weighted by Gasteiger charge is 2.05. The van der Waals surface area contributed by atoms with Crippen LogP contribution in [0.1, 0.15) is 5.56 Å². The first-order valence-corrected chi connectivity index (χ1v) is 6.37. The van der Waals surface area contributed by atoms with Gasteiger partial charge in [0.05, 0.1) is 18.2 Å². The Labute approximate surface area is 119 Å². The van der Waals surface area contributed by atoms with Gasteiger partial charge in [0, 0.05) is 15.8 Å². The molecule has 0 aromatic heterocycles. The summed E-state index contributed by atoms with van der Waals surface area (Å²) in [5, 5.41) is 11.8. The minimum Gasteiger partial charge on any atom is -0.398 e. The topological polar surface area (TPSA) is 61.8 Å². The molecule has 0 amide bonds. The normalized spacial score (nSPS) is 9.95. The molecule has 19 heavy (non-hydrogen) atoms. The first kappa shape index (κ1) is 13.4. The van der Waals surface area contributed by atoms with Gasteiger partial charge in [-0.3, -0.25) is 0 Å². The van der Waals surface area contributed by atoms with E-state index in [0.717, 1.165) is 15.7 Å². The van der Waals surface area contributed by atoms with E-state index in [2.05, 4.69) is 27.3 Å². The zero-order chi connectivity index (χ0) is 13.8. The molecule has 2 rings (SSSR count). The summed E-state index contributed by atoms with van der Waals surface area (Å²) in [6.45, 7) is 0. The average molecular weight is 320 g/mol. The molecule has 2 aromatic rings. The number of halogens is 2. The molecular formula is C14H11BrFN3. The van der Waals surface area contributed by atoms with Crippen molar-refractivity contribution in [2.24, 2.45) is 0 Å². The van der Waals surface area contributed by atoms with Crippen molar-refractivity contribution in [1.29, 1.82) is 5.26 Å². The van der Waals surface area contributed by atoms with Crippen LogP contribution in [0.4, 0.5) is 21.5 Å². The van der Waals surface area contributed by atoms with E-state index < -0.39 is 0 Å². The summed E-state index contributed by atoms with van der Waals surface area (Å²) in [4.78, 5) is 0. The number of nitrogens with zero attached hydrogens (tertiary/aromatic N) is 1. The van der Waals surface area contributed by atoms with Crippen LogP contribution in [0.3, 0.4) is 0 Å². The van der Waals surface area contributed by atoms with Gasteiger partial charge < -0.3 is 11.1 Å². The first-order chi connectivity index (χ1) is 9.10. The molecule has 0 unspecified atom stereocenters. The molecule has 3 N–H and O–H groups in total. The summed E-state index contributed by atoms with van der Waals surface area (Å²) in [6, 6.07) is 11.8. The number of hydrogen-bond acceptors (Lipinski definition) is 3. The van der Waals surface area contributed by atoms with E-state index in [4.69, 9.17) is 11.0 Å². The molecule has 2 aromatic carbocycles. The Kier molecular flexibility index (Phi) is 4.03. The van der Waals surface area contributed by atoms with E-state index in [1.54, 1.807) is 24.3 Å². The van der Waals surface area contributed by atoms with Crippen molar-refractivity contribution < 1.29 is 4.39 Å². The molecule has 0 saturated heterocycles. The second-order valence-electron chi connectivity index (χ2n) is 4.00. The molecule has 0 aliphatic heterocycles. The van der Waals surface area contributed by atoms with Crippen molar-refractivity contribution in [2.45, 2.75) is 6.42 Å². The molecule has 0 radical (unpaired) electrons. The van der Waals surface area contributed by atoms with Gasteiger partial charge in [0.1, 0.15) is 5.82 Å². The van der Waals surface area contributed by atoms with Crippen LogP contribution in [0.15, 0.2) is 40.9 Å². The van der Waals surface area contributed by atoms with Crippen LogP contribution < -0.4 is 11.1 Å². The standard InChI is InChI=1S/C14H11BrFN3/c15-12-3-1-10(16)8-14(12)19-11-2-4-13(18)9(7-11)5-6-17/h1-4,7-8,19H,5,18H2. The fourth-order valence-corrected chi connectivity index (χ4v) is 2.02. The lowest BCUT2D eigenvalue weighted by Crippen LogP contribution is -1.97. The van der Waals surface area contributed by atoms with Gasteiger partial charge in [-0.25, -0.2) is 4.39 Å². The van der Waals surface area contributed by atoms with Gasteiger partial charge in [0.15, 0.2) is 0 Å². The van der Waals surface area contributed by atoms with Gasteiger partial charge in [0.2, 0.25) is 0 Å². The van der Waals surface area contributed by atoms with Crippen molar-refractivity contribution in [2.75, 3.05) is 11.1 Å². The lowest BCUT2D eigenvalue weighted by atomic mass is 10.1. The third kappa shape index (κ3) is 3.24. The summed E-state index contributed by atoms with van der Waals surface area (Å²) in [6.07, 6.45) is 0.242. The zero-order valence-electron chi connectivity index (χ0n) is 9.95. The van der Waals surface area contributed by atoms with Crippen LogP contribution >= 0.6 is 15.9 Å². The van der Waals surface area contributed by atoms with Gasteiger partial charge in [-0.1, -0.05) is 0 Å². The minimum atomic E-state index is -0.321. The second-order valence-corrected chi connectivity index (χ2v) is 4.85. The maximum atomic E-state index is 13.2. The summed E-state index contributed by atoms with van der Waals surface area (Å²) in [7, 11) is 0. The number of benzene rings is 2. The number of rotatable bonds is 3. The summed E-state index contributed by atoms with van der Waals surface area (Å²) >= 11 is 3.35. The van der Waals surface area contributed by atoms with Gasteiger partial charge in [-0.2, -0.15) is 5.26 Å². The quantitative estimate of drug-likeness (QED) is 0.841. The molecule has 5 heteroatoms. The van der Waals surface area contributed by atoms with Crippen LogP contribution in [-0.4, -0.2) is 0 Å². The van der Waals surface area contributed by atoms with Crippen molar-refractivity contribution in [3.63, 3.8) is 0 Å². The highest BCUT2D eigenvalue weighted by Crippen LogP contribution is 2.28. The van der Waals surface area contributed by atoms with Crippen molar-refractivity contribution in [3.05, 3.63) is 52.3 Å². The van der Waals surface area contributed by atoms with Gasteiger partial charge in [-0.15, -0.1) is 0 Å². The number of nitriles is 1. The van der Waals surface area contributed by atoms with E-state index in [-0.39, 0.29) is 12.2 Å². The van der Waals surface area contributed by atoms with Gasteiger partial charge in [0.25, 0.3) is 0 Å². The van der Waals surface area contributed by atoms with Crippen LogP contribution in [0.2, 0.25) is 0 Å². The molecule has 96 valence electrons. The molecular weight excluding hydrogens is 309 g/mol. The molecule has 0 bridgehead atoms. The van der Waals surface area contributed by atoms with Crippen LogP contribution in [0.25, 0.3) is 0 Å². The summed E-state index contributed by atoms with van der Waals surface area (Å²) in [5.41, 5.74) is 8.47. The van der Waals surface area contributed by atoms with Crippen molar-refractivity contribution in [3.8, 4) is 6.07 Å². The van der Waals surface area contributed by atoms with Gasteiger partial charge in [-0.05, 0) is 57.9 Å². The Morgan fingerprint density at radius 2 is 2.05 bits per heavy atom. The summed E-state index contributed by atoms with van der Waals surface area (Å²) < 4.78 is 13.9. The Morgan fingerprint density at radius 3 is 2.79 bits per heavy atom. The Hall–Kier alpha value is -2.06. The largest absolute Gasteiger partial charge is 0.398 e. The van der Waals surface area contributed by atoms with E-state index in [1.165, 1.54) is 12.1 Å². The minimum absolute atomic E-state index is 0.242. The number of nitrogen functional groups attached to an aromatic ring is 1. The Balaban J connectivity index is 2.31. The number of nitrogens with two attached hydrogens (primary N) is 1. The maximum absolute atomic E-state index is 13.2. The number of anilines is 3. The smallest absolute Gasteiger partial charge is 0.125 e. The van der Waals surface area contributed by atoms with E-state index in [9.17, 15) is 4.39 Å². The molecule has 0 saturated carbocycles. The lowest BCUT2D eigenvalue weighted by molar-refractivity contribution is 0.628. The Bertz CT molecular complexity index is 650.